The number of hydrogen-bond acceptors (Lipinski definition) is 3. The number of piperidine rings is 1. The molecule has 2 aliphatic heterocycles. The van der Waals surface area contributed by atoms with Crippen LogP contribution >= 0.6 is 0 Å². The van der Waals surface area contributed by atoms with E-state index in [-0.39, 0.29) is 29.5 Å². The minimum absolute atomic E-state index is 0.0454. The molecule has 0 bridgehead atoms. The number of likely N-dealkylation sites (tertiary alicyclic amines) is 1. The third-order valence-corrected chi connectivity index (χ3v) is 5.66. The molecule has 3 amide bonds. The number of hydrogen-bond donors (Lipinski definition) is 3. The van der Waals surface area contributed by atoms with Gasteiger partial charge in [-0.25, -0.2) is 9.18 Å². The van der Waals surface area contributed by atoms with Gasteiger partial charge in [-0.05, 0) is 50.2 Å². The summed E-state index contributed by atoms with van der Waals surface area (Å²) in [5.41, 5.74) is -0.544. The Bertz CT molecular complexity index is 791. The van der Waals surface area contributed by atoms with E-state index in [1.807, 2.05) is 6.92 Å². The highest BCUT2D eigenvalue weighted by atomic mass is 19.1. The Labute approximate surface area is 171 Å². The third-order valence-electron chi connectivity index (χ3n) is 5.66. The fraction of sp³-hybridized carbons (Fsp3) is 0.571. The fourth-order valence-electron chi connectivity index (χ4n) is 4.24. The van der Waals surface area contributed by atoms with Crippen molar-refractivity contribution < 1.29 is 14.0 Å². The zero-order valence-electron chi connectivity index (χ0n) is 17.3. The Hall–Kier alpha value is -2.64. The first-order chi connectivity index (χ1) is 13.7. The van der Waals surface area contributed by atoms with Gasteiger partial charge in [-0.3, -0.25) is 15.1 Å². The number of rotatable bonds is 5. The molecule has 0 saturated carbocycles. The Morgan fingerprint density at radius 1 is 1.34 bits per heavy atom. The Morgan fingerprint density at radius 2 is 2.00 bits per heavy atom. The van der Waals surface area contributed by atoms with E-state index >= 15 is 0 Å². The molecule has 8 heteroatoms. The largest absolute Gasteiger partial charge is 0.342 e. The number of carbonyl (C=O) groups excluding carboxylic acids is 2. The molecule has 0 spiro atoms. The number of anilines is 1. The lowest BCUT2D eigenvalue weighted by Crippen LogP contribution is -2.46. The summed E-state index contributed by atoms with van der Waals surface area (Å²) in [4.78, 5) is 28.5. The molecule has 1 unspecified atom stereocenters. The maximum absolute atomic E-state index is 13.7. The lowest BCUT2D eigenvalue weighted by atomic mass is 9.90. The van der Waals surface area contributed by atoms with Crippen molar-refractivity contribution in [2.45, 2.75) is 45.6 Å². The van der Waals surface area contributed by atoms with E-state index in [1.165, 1.54) is 12.1 Å². The van der Waals surface area contributed by atoms with Crippen LogP contribution in [0.5, 0.6) is 0 Å². The molecule has 1 aromatic carbocycles. The number of halogens is 1. The summed E-state index contributed by atoms with van der Waals surface area (Å²) >= 11 is 0. The molecule has 29 heavy (non-hydrogen) atoms. The van der Waals surface area contributed by atoms with Gasteiger partial charge in [-0.1, -0.05) is 26.0 Å². The fourth-order valence-corrected chi connectivity index (χ4v) is 4.24. The average Bonchev–Trinajstić information content (AvgIpc) is 2.86. The summed E-state index contributed by atoms with van der Waals surface area (Å²) in [5.74, 6) is 0.230. The van der Waals surface area contributed by atoms with Crippen molar-refractivity contribution in [2.75, 3.05) is 25.0 Å². The molecule has 3 rings (SSSR count). The van der Waals surface area contributed by atoms with Crippen LogP contribution in [0.3, 0.4) is 0 Å². The molecule has 2 aliphatic rings. The second kappa shape index (κ2) is 8.39. The van der Waals surface area contributed by atoms with Crippen molar-refractivity contribution >= 4 is 23.6 Å². The van der Waals surface area contributed by atoms with E-state index in [2.05, 4.69) is 24.5 Å². The van der Waals surface area contributed by atoms with Gasteiger partial charge in [0.1, 0.15) is 11.4 Å². The molecule has 158 valence electrons. The topological polar surface area (TPSA) is 88.5 Å². The van der Waals surface area contributed by atoms with Crippen LogP contribution in [0.15, 0.2) is 24.3 Å². The molecule has 1 atom stereocenters. The summed E-state index contributed by atoms with van der Waals surface area (Å²) in [6, 6.07) is 5.78. The molecule has 0 aliphatic carbocycles. The van der Waals surface area contributed by atoms with Crippen molar-refractivity contribution in [1.82, 2.24) is 15.1 Å². The summed E-state index contributed by atoms with van der Waals surface area (Å²) in [6.07, 6.45) is 2.16. The number of guanidine groups is 1. The molecule has 2 saturated heterocycles. The van der Waals surface area contributed by atoms with Gasteiger partial charge >= 0.3 is 6.03 Å². The van der Waals surface area contributed by atoms with Crippen LogP contribution < -0.4 is 10.6 Å². The molecule has 2 fully saturated rings. The van der Waals surface area contributed by atoms with Crippen molar-refractivity contribution in [2.24, 2.45) is 11.8 Å². The van der Waals surface area contributed by atoms with E-state index in [1.54, 1.807) is 21.9 Å². The zero-order valence-corrected chi connectivity index (χ0v) is 17.3. The minimum Gasteiger partial charge on any atom is -0.342 e. The van der Waals surface area contributed by atoms with Gasteiger partial charge in [0.15, 0.2) is 5.96 Å². The van der Waals surface area contributed by atoms with E-state index in [0.717, 1.165) is 12.8 Å². The van der Waals surface area contributed by atoms with E-state index < -0.39 is 11.4 Å². The van der Waals surface area contributed by atoms with Crippen LogP contribution in [0, 0.1) is 23.1 Å². The monoisotopic (exact) mass is 403 g/mol. The summed E-state index contributed by atoms with van der Waals surface area (Å²) < 4.78 is 13.7. The van der Waals surface area contributed by atoms with Crippen molar-refractivity contribution in [3.63, 3.8) is 0 Å². The molecule has 3 N–H and O–H groups in total. The van der Waals surface area contributed by atoms with Gasteiger partial charge in [-0.2, -0.15) is 0 Å². The molecule has 7 nitrogen and oxygen atoms in total. The quantitative estimate of drug-likeness (QED) is 0.705. The highest BCUT2D eigenvalue weighted by molar-refractivity contribution is 6.07. The maximum atomic E-state index is 13.7. The number of urea groups is 1. The van der Waals surface area contributed by atoms with Crippen molar-refractivity contribution in [3.8, 4) is 0 Å². The average molecular weight is 404 g/mol. The molecular formula is C21H30FN5O2. The molecule has 2 heterocycles. The number of nitrogens with one attached hydrogen (secondary N) is 3. The molecule has 0 aromatic heterocycles. The van der Waals surface area contributed by atoms with Crippen molar-refractivity contribution in [1.29, 1.82) is 5.41 Å². The zero-order chi connectivity index (χ0) is 21.2. The lowest BCUT2D eigenvalue weighted by Gasteiger charge is -2.33. The van der Waals surface area contributed by atoms with E-state index in [0.29, 0.717) is 32.0 Å². The predicted molar refractivity (Wildman–Crippen MR) is 110 cm³/mol. The SMILES string of the molecule is CC(C)CC1(C)NC(=N)N(CC2CCN(C(=O)Nc3ccccc3F)CC2)C1=O. The van der Waals surface area contributed by atoms with Crippen molar-refractivity contribution in [3.05, 3.63) is 30.1 Å². The van der Waals surface area contributed by atoms with Gasteiger partial charge < -0.3 is 15.5 Å². The van der Waals surface area contributed by atoms with Crippen LogP contribution in [-0.4, -0.2) is 52.9 Å². The van der Waals surface area contributed by atoms with Gasteiger partial charge in [0.25, 0.3) is 5.91 Å². The smallest absolute Gasteiger partial charge is 0.321 e. The number of carbonyl (C=O) groups is 2. The number of nitrogens with zero attached hydrogens (tertiary/aromatic N) is 2. The Kier molecular flexibility index (Phi) is 6.10. The minimum atomic E-state index is -0.717. The molecular weight excluding hydrogens is 373 g/mol. The van der Waals surface area contributed by atoms with Crippen LogP contribution in [0.4, 0.5) is 14.9 Å². The predicted octanol–water partition coefficient (Wildman–Crippen LogP) is 3.24. The van der Waals surface area contributed by atoms with Gasteiger partial charge in [0.2, 0.25) is 0 Å². The number of amides is 3. The lowest BCUT2D eigenvalue weighted by molar-refractivity contribution is -0.131. The second-order valence-corrected chi connectivity index (χ2v) is 8.66. The van der Waals surface area contributed by atoms with Crippen LogP contribution in [-0.2, 0) is 4.79 Å². The summed E-state index contributed by atoms with van der Waals surface area (Å²) in [7, 11) is 0. The highest BCUT2D eigenvalue weighted by Gasteiger charge is 2.46. The van der Waals surface area contributed by atoms with E-state index in [4.69, 9.17) is 5.41 Å². The first-order valence-electron chi connectivity index (χ1n) is 10.2. The molecule has 1 aromatic rings. The van der Waals surface area contributed by atoms with Crippen LogP contribution in [0.2, 0.25) is 0 Å². The van der Waals surface area contributed by atoms with Crippen LogP contribution in [0.25, 0.3) is 0 Å². The normalized spacial score (nSPS) is 22.9. The first-order valence-corrected chi connectivity index (χ1v) is 10.2. The first kappa shape index (κ1) is 21.1. The second-order valence-electron chi connectivity index (χ2n) is 8.66. The Morgan fingerprint density at radius 3 is 2.62 bits per heavy atom. The number of benzene rings is 1. The maximum Gasteiger partial charge on any atom is 0.321 e. The number of para-hydroxylation sites is 1. The summed E-state index contributed by atoms with van der Waals surface area (Å²) in [6.45, 7) is 7.55. The highest BCUT2D eigenvalue weighted by Crippen LogP contribution is 2.27. The van der Waals surface area contributed by atoms with Crippen LogP contribution in [0.1, 0.15) is 40.0 Å². The van der Waals surface area contributed by atoms with Gasteiger partial charge in [-0.15, -0.1) is 0 Å². The van der Waals surface area contributed by atoms with E-state index in [9.17, 15) is 14.0 Å². The summed E-state index contributed by atoms with van der Waals surface area (Å²) in [5, 5.41) is 13.9. The standard InChI is InChI=1S/C21H30FN5O2/c1-14(2)12-21(3)18(28)27(19(23)25-21)13-15-8-10-26(11-9-15)20(29)24-17-7-5-4-6-16(17)22/h4-7,14-15H,8-13H2,1-3H3,(H2,23,25)(H,24,29). The van der Waals surface area contributed by atoms with Gasteiger partial charge in [0, 0.05) is 19.6 Å². The Balaban J connectivity index is 1.52. The third kappa shape index (κ3) is 4.68. The van der Waals surface area contributed by atoms with Gasteiger partial charge in [0.05, 0.1) is 5.69 Å². The molecule has 0 radical (unpaired) electrons.